The van der Waals surface area contributed by atoms with E-state index in [4.69, 9.17) is 4.98 Å². The number of hydrogen-bond acceptors (Lipinski definition) is 7. The topological polar surface area (TPSA) is 117 Å². The molecule has 4 heterocycles. The molecular formula is C26H37N7O2S. The molecule has 0 spiro atoms. The van der Waals surface area contributed by atoms with Crippen molar-refractivity contribution in [2.45, 2.75) is 66.0 Å². The first-order valence-corrected chi connectivity index (χ1v) is 14.5. The maximum Gasteiger partial charge on any atom is 0.158 e. The van der Waals surface area contributed by atoms with E-state index in [0.29, 0.717) is 6.54 Å². The van der Waals surface area contributed by atoms with Gasteiger partial charge >= 0.3 is 0 Å². The van der Waals surface area contributed by atoms with Crippen LogP contribution in [0, 0.1) is 13.8 Å². The van der Waals surface area contributed by atoms with Crippen LogP contribution in [0.15, 0.2) is 24.7 Å². The van der Waals surface area contributed by atoms with Crippen molar-refractivity contribution in [3.8, 4) is 11.3 Å². The molecule has 0 aromatic carbocycles. The fourth-order valence-electron chi connectivity index (χ4n) is 4.81. The van der Waals surface area contributed by atoms with Crippen molar-refractivity contribution in [1.82, 2.24) is 29.9 Å². The van der Waals surface area contributed by atoms with Crippen molar-refractivity contribution in [2.75, 3.05) is 23.9 Å². The Morgan fingerprint density at radius 2 is 1.83 bits per heavy atom. The van der Waals surface area contributed by atoms with Gasteiger partial charge in [-0.2, -0.15) is 5.10 Å². The molecule has 0 bridgehead atoms. The summed E-state index contributed by atoms with van der Waals surface area (Å²) >= 11 is 0. The van der Waals surface area contributed by atoms with E-state index >= 15 is 0 Å². The minimum atomic E-state index is -2.96. The predicted molar refractivity (Wildman–Crippen MR) is 147 cm³/mol. The van der Waals surface area contributed by atoms with Crippen LogP contribution in [-0.4, -0.2) is 63.6 Å². The number of nitrogens with one attached hydrogen (secondary N) is 3. The third-order valence-corrected chi connectivity index (χ3v) is 7.67. The summed E-state index contributed by atoms with van der Waals surface area (Å²) in [6.45, 7) is 13.2. The molecule has 1 unspecified atom stereocenters. The van der Waals surface area contributed by atoms with E-state index in [-0.39, 0.29) is 23.8 Å². The Morgan fingerprint density at radius 1 is 1.08 bits per heavy atom. The fraction of sp³-hybridized carbons (Fsp3) is 0.500. The number of pyridine rings is 2. The molecule has 36 heavy (non-hydrogen) atoms. The lowest BCUT2D eigenvalue weighted by Gasteiger charge is -2.20. The van der Waals surface area contributed by atoms with Crippen molar-refractivity contribution in [1.29, 1.82) is 0 Å². The van der Waals surface area contributed by atoms with E-state index in [2.05, 4.69) is 73.3 Å². The molecule has 4 aromatic rings. The quantitative estimate of drug-likeness (QED) is 0.292. The van der Waals surface area contributed by atoms with E-state index in [0.717, 1.165) is 45.7 Å². The second kappa shape index (κ2) is 10.2. The molecule has 0 saturated carbocycles. The van der Waals surface area contributed by atoms with Gasteiger partial charge in [0.2, 0.25) is 0 Å². The van der Waals surface area contributed by atoms with Crippen LogP contribution in [-0.2, 0) is 9.84 Å². The molecule has 0 aliphatic carbocycles. The Labute approximate surface area is 213 Å². The number of sulfone groups is 1. The molecule has 0 amide bonds. The molecule has 9 nitrogen and oxygen atoms in total. The highest BCUT2D eigenvalue weighted by atomic mass is 32.2. The van der Waals surface area contributed by atoms with Crippen LogP contribution in [0.1, 0.15) is 56.7 Å². The summed E-state index contributed by atoms with van der Waals surface area (Å²) in [4.78, 5) is 13.0. The Morgan fingerprint density at radius 3 is 2.53 bits per heavy atom. The van der Waals surface area contributed by atoms with Gasteiger partial charge in [0, 0.05) is 42.2 Å². The maximum atomic E-state index is 11.4. The SMILES string of the molecule is Cc1c(-c2[nH]c3ccc(N[C@H](C)CC(C)NCCS(C)(=O)=O)nc3c2C(C)C)cn2ncnc2c1C. The van der Waals surface area contributed by atoms with Gasteiger partial charge in [-0.25, -0.2) is 22.9 Å². The normalized spacial score (nSPS) is 14.1. The summed E-state index contributed by atoms with van der Waals surface area (Å²) < 4.78 is 24.6. The van der Waals surface area contributed by atoms with E-state index in [1.54, 1.807) is 6.33 Å². The lowest BCUT2D eigenvalue weighted by molar-refractivity contribution is 0.500. The molecular weight excluding hydrogens is 474 g/mol. The van der Waals surface area contributed by atoms with Crippen molar-refractivity contribution in [3.63, 3.8) is 0 Å². The third-order valence-electron chi connectivity index (χ3n) is 6.72. The number of nitrogens with zero attached hydrogens (tertiary/aromatic N) is 4. The summed E-state index contributed by atoms with van der Waals surface area (Å²) in [6, 6.07) is 4.43. The van der Waals surface area contributed by atoms with Crippen LogP contribution in [0.2, 0.25) is 0 Å². The van der Waals surface area contributed by atoms with Crippen molar-refractivity contribution >= 4 is 32.3 Å². The molecule has 4 aromatic heterocycles. The smallest absolute Gasteiger partial charge is 0.158 e. The van der Waals surface area contributed by atoms with Gasteiger partial charge in [0.1, 0.15) is 22.0 Å². The first-order chi connectivity index (χ1) is 16.9. The Bertz CT molecular complexity index is 1490. The number of aromatic nitrogens is 5. The van der Waals surface area contributed by atoms with Crippen LogP contribution in [0.5, 0.6) is 0 Å². The average molecular weight is 512 g/mol. The van der Waals surface area contributed by atoms with Gasteiger partial charge in [-0.1, -0.05) is 13.8 Å². The van der Waals surface area contributed by atoms with Gasteiger partial charge in [0.15, 0.2) is 5.65 Å². The second-order valence-electron chi connectivity index (χ2n) is 10.2. The van der Waals surface area contributed by atoms with Gasteiger partial charge in [0.05, 0.1) is 22.5 Å². The van der Waals surface area contributed by atoms with E-state index in [9.17, 15) is 8.42 Å². The zero-order valence-corrected chi connectivity index (χ0v) is 23.0. The van der Waals surface area contributed by atoms with Crippen LogP contribution < -0.4 is 10.6 Å². The van der Waals surface area contributed by atoms with Crippen LogP contribution in [0.4, 0.5) is 5.82 Å². The van der Waals surface area contributed by atoms with Crippen LogP contribution >= 0.6 is 0 Å². The maximum absolute atomic E-state index is 11.4. The molecule has 4 rings (SSSR count). The Balaban J connectivity index is 1.60. The summed E-state index contributed by atoms with van der Waals surface area (Å²) in [6.07, 6.45) is 5.73. The lowest BCUT2D eigenvalue weighted by atomic mass is 9.95. The second-order valence-corrected chi connectivity index (χ2v) is 12.5. The minimum absolute atomic E-state index is 0.147. The highest BCUT2D eigenvalue weighted by Gasteiger charge is 2.21. The average Bonchev–Trinajstić information content (AvgIpc) is 3.39. The van der Waals surface area contributed by atoms with Crippen molar-refractivity contribution < 1.29 is 8.42 Å². The van der Waals surface area contributed by atoms with Gasteiger partial charge in [-0.15, -0.1) is 0 Å². The molecule has 0 fully saturated rings. The summed E-state index contributed by atoms with van der Waals surface area (Å²) in [5.74, 6) is 1.23. The summed E-state index contributed by atoms with van der Waals surface area (Å²) in [5, 5.41) is 11.2. The molecule has 0 aliphatic rings. The highest BCUT2D eigenvalue weighted by Crippen LogP contribution is 2.37. The number of hydrogen-bond donors (Lipinski definition) is 3. The lowest BCUT2D eigenvalue weighted by Crippen LogP contribution is -2.34. The predicted octanol–water partition coefficient (Wildman–Crippen LogP) is 4.23. The Kier molecular flexibility index (Phi) is 7.38. The number of aromatic amines is 1. The first-order valence-electron chi connectivity index (χ1n) is 12.4. The summed E-state index contributed by atoms with van der Waals surface area (Å²) in [7, 11) is -2.96. The molecule has 2 atom stereocenters. The minimum Gasteiger partial charge on any atom is -0.368 e. The van der Waals surface area contributed by atoms with E-state index < -0.39 is 9.84 Å². The number of rotatable bonds is 10. The number of anilines is 1. The summed E-state index contributed by atoms with van der Waals surface area (Å²) in [5.41, 5.74) is 8.47. The standard InChI is InChI=1S/C26H37N7O2S/c1-15(2)23-24(20-13-33-26(28-14-29-33)19(6)18(20)5)31-21-8-9-22(32-25(21)23)30-17(4)12-16(3)27-10-11-36(7,34)35/h8-9,13-17,27,31H,10-12H2,1-7H3,(H,30,32)/t16?,17-/m1/s1. The number of H-pyrrole nitrogens is 1. The zero-order valence-electron chi connectivity index (χ0n) is 22.2. The van der Waals surface area contributed by atoms with Gasteiger partial charge in [-0.05, 0) is 63.3 Å². The van der Waals surface area contributed by atoms with Crippen LogP contribution in [0.3, 0.4) is 0 Å². The van der Waals surface area contributed by atoms with E-state index in [1.807, 2.05) is 16.8 Å². The van der Waals surface area contributed by atoms with Gasteiger partial charge in [0.25, 0.3) is 0 Å². The van der Waals surface area contributed by atoms with Crippen LogP contribution in [0.25, 0.3) is 27.9 Å². The van der Waals surface area contributed by atoms with Gasteiger partial charge < -0.3 is 15.6 Å². The Hall–Kier alpha value is -2.98. The first kappa shape index (κ1) is 26.1. The highest BCUT2D eigenvalue weighted by molar-refractivity contribution is 7.90. The largest absolute Gasteiger partial charge is 0.368 e. The molecule has 0 saturated heterocycles. The van der Waals surface area contributed by atoms with Gasteiger partial charge in [-0.3, -0.25) is 0 Å². The zero-order chi connectivity index (χ0) is 26.2. The molecule has 0 aliphatic heterocycles. The monoisotopic (exact) mass is 511 g/mol. The van der Waals surface area contributed by atoms with Crippen molar-refractivity contribution in [2.24, 2.45) is 0 Å². The fourth-order valence-corrected chi connectivity index (χ4v) is 5.30. The molecule has 194 valence electrons. The van der Waals surface area contributed by atoms with E-state index in [1.165, 1.54) is 17.4 Å². The third kappa shape index (κ3) is 5.54. The number of fused-ring (bicyclic) bond motifs is 2. The van der Waals surface area contributed by atoms with Crippen molar-refractivity contribution in [3.05, 3.63) is 41.3 Å². The number of aryl methyl sites for hydroxylation is 1. The molecule has 0 radical (unpaired) electrons. The molecule has 10 heteroatoms. The molecule has 3 N–H and O–H groups in total.